The molecule has 5 nitrogen and oxygen atoms in total. The van der Waals surface area contributed by atoms with Gasteiger partial charge in [-0.1, -0.05) is 26.0 Å². The fourth-order valence-electron chi connectivity index (χ4n) is 2.55. The number of benzene rings is 1. The van der Waals surface area contributed by atoms with Crippen molar-refractivity contribution >= 4 is 27.3 Å². The molecule has 2 N–H and O–H groups in total. The molecule has 3 rings (SSSR count). The van der Waals surface area contributed by atoms with Gasteiger partial charge in [-0.15, -0.1) is 11.3 Å². The third kappa shape index (κ3) is 4.48. The largest absolute Gasteiger partial charge is 0.344 e. The van der Waals surface area contributed by atoms with Crippen molar-refractivity contribution in [2.24, 2.45) is 5.92 Å². The van der Waals surface area contributed by atoms with Crippen LogP contribution in [0.15, 0.2) is 46.7 Å². The van der Waals surface area contributed by atoms with E-state index in [-0.39, 0.29) is 28.8 Å². The van der Waals surface area contributed by atoms with E-state index in [0.29, 0.717) is 5.56 Å². The molecule has 1 unspecified atom stereocenters. The summed E-state index contributed by atoms with van der Waals surface area (Å²) in [6.45, 7) is 4.09. The number of rotatable bonds is 7. The van der Waals surface area contributed by atoms with E-state index in [1.54, 1.807) is 23.5 Å². The van der Waals surface area contributed by atoms with Gasteiger partial charge in [0.25, 0.3) is 5.91 Å². The number of sulfonamides is 1. The van der Waals surface area contributed by atoms with Crippen molar-refractivity contribution in [1.29, 1.82) is 0 Å². The monoisotopic (exact) mass is 378 g/mol. The van der Waals surface area contributed by atoms with Crippen molar-refractivity contribution in [3.63, 3.8) is 0 Å². The molecule has 7 heteroatoms. The van der Waals surface area contributed by atoms with Crippen LogP contribution in [0.5, 0.6) is 0 Å². The Hall–Kier alpha value is -1.70. The molecule has 1 aromatic carbocycles. The molecule has 1 fully saturated rings. The van der Waals surface area contributed by atoms with Crippen LogP contribution >= 0.6 is 11.3 Å². The number of carbonyl (C=O) groups excluding carboxylic acids is 1. The average molecular weight is 379 g/mol. The fraction of sp³-hybridized carbons (Fsp3) is 0.389. The summed E-state index contributed by atoms with van der Waals surface area (Å²) in [5.74, 6) is -0.0402. The van der Waals surface area contributed by atoms with E-state index >= 15 is 0 Å². The second-order valence-electron chi connectivity index (χ2n) is 6.63. The Kier molecular flexibility index (Phi) is 5.27. The standard InChI is InChI=1S/C18H22N2O3S2/c1-12(2)17(16-7-4-10-24-16)19-18(21)13-5-3-6-15(11-13)25(22,23)20-14-8-9-14/h3-7,10-12,14,17,20H,8-9H2,1-2H3,(H,19,21). The van der Waals surface area contributed by atoms with Crippen LogP contribution in [-0.4, -0.2) is 20.4 Å². The summed E-state index contributed by atoms with van der Waals surface area (Å²) in [6, 6.07) is 10.1. The minimum absolute atomic E-state index is 0.0339. The zero-order chi connectivity index (χ0) is 18.0. The Bertz CT molecular complexity index is 841. The quantitative estimate of drug-likeness (QED) is 0.776. The fourth-order valence-corrected chi connectivity index (χ4v) is 4.85. The smallest absolute Gasteiger partial charge is 0.251 e. The van der Waals surface area contributed by atoms with E-state index in [0.717, 1.165) is 17.7 Å². The predicted molar refractivity (Wildman–Crippen MR) is 99.1 cm³/mol. The Balaban J connectivity index is 1.79. The van der Waals surface area contributed by atoms with Crippen LogP contribution in [-0.2, 0) is 10.0 Å². The lowest BCUT2D eigenvalue weighted by molar-refractivity contribution is 0.0926. The Morgan fingerprint density at radius 1 is 1.20 bits per heavy atom. The topological polar surface area (TPSA) is 75.3 Å². The summed E-state index contributed by atoms with van der Waals surface area (Å²) < 4.78 is 27.3. The first kappa shape index (κ1) is 18.1. The third-order valence-corrected chi connectivity index (χ3v) is 6.58. The van der Waals surface area contributed by atoms with Gasteiger partial charge < -0.3 is 5.32 Å². The summed E-state index contributed by atoms with van der Waals surface area (Å²) in [4.78, 5) is 13.9. The summed E-state index contributed by atoms with van der Waals surface area (Å²) >= 11 is 1.60. The van der Waals surface area contributed by atoms with Crippen molar-refractivity contribution in [3.05, 3.63) is 52.2 Å². The molecular weight excluding hydrogens is 356 g/mol. The van der Waals surface area contributed by atoms with Crippen LogP contribution < -0.4 is 10.0 Å². The molecule has 1 aromatic heterocycles. The van der Waals surface area contributed by atoms with Crippen molar-refractivity contribution in [3.8, 4) is 0 Å². The van der Waals surface area contributed by atoms with Gasteiger partial charge in [-0.25, -0.2) is 13.1 Å². The van der Waals surface area contributed by atoms with Crippen molar-refractivity contribution < 1.29 is 13.2 Å². The zero-order valence-corrected chi connectivity index (χ0v) is 15.9. The lowest BCUT2D eigenvalue weighted by Crippen LogP contribution is -2.31. The van der Waals surface area contributed by atoms with Crippen LogP contribution in [0.2, 0.25) is 0 Å². The molecule has 1 aliphatic carbocycles. The maximum absolute atomic E-state index is 12.6. The molecule has 134 valence electrons. The van der Waals surface area contributed by atoms with Crippen molar-refractivity contribution in [2.45, 2.75) is 43.7 Å². The average Bonchev–Trinajstić information content (AvgIpc) is 3.21. The van der Waals surface area contributed by atoms with Gasteiger partial charge in [0, 0.05) is 16.5 Å². The minimum atomic E-state index is -3.57. The molecule has 25 heavy (non-hydrogen) atoms. The van der Waals surface area contributed by atoms with Crippen LogP contribution in [0.4, 0.5) is 0 Å². The number of amides is 1. The van der Waals surface area contributed by atoms with Crippen LogP contribution in [0, 0.1) is 5.92 Å². The highest BCUT2D eigenvalue weighted by Gasteiger charge is 2.28. The van der Waals surface area contributed by atoms with Gasteiger partial charge in [-0.3, -0.25) is 4.79 Å². The maximum Gasteiger partial charge on any atom is 0.251 e. The lowest BCUT2D eigenvalue weighted by atomic mass is 10.0. The van der Waals surface area contributed by atoms with Crippen molar-refractivity contribution in [1.82, 2.24) is 10.0 Å². The molecule has 0 aliphatic heterocycles. The molecule has 0 spiro atoms. The number of hydrogen-bond acceptors (Lipinski definition) is 4. The predicted octanol–water partition coefficient (Wildman–Crippen LogP) is 3.32. The van der Waals surface area contributed by atoms with Gasteiger partial charge in [0.05, 0.1) is 10.9 Å². The van der Waals surface area contributed by atoms with Gasteiger partial charge in [-0.2, -0.15) is 0 Å². The first-order valence-corrected chi connectivity index (χ1v) is 10.7. The first-order chi connectivity index (χ1) is 11.9. The van der Waals surface area contributed by atoms with Gasteiger partial charge >= 0.3 is 0 Å². The van der Waals surface area contributed by atoms with E-state index in [4.69, 9.17) is 0 Å². The molecule has 0 saturated heterocycles. The molecule has 0 bridgehead atoms. The van der Waals surface area contributed by atoms with E-state index in [2.05, 4.69) is 10.0 Å². The number of nitrogens with one attached hydrogen (secondary N) is 2. The third-order valence-electron chi connectivity index (χ3n) is 4.11. The van der Waals surface area contributed by atoms with Gasteiger partial charge in [0.15, 0.2) is 0 Å². The summed E-state index contributed by atoms with van der Waals surface area (Å²) in [5, 5.41) is 5.00. The molecule has 1 heterocycles. The van der Waals surface area contributed by atoms with E-state index in [1.807, 2.05) is 31.4 Å². The second-order valence-corrected chi connectivity index (χ2v) is 9.33. The lowest BCUT2D eigenvalue weighted by Gasteiger charge is -2.21. The number of hydrogen-bond donors (Lipinski definition) is 2. The second kappa shape index (κ2) is 7.27. The van der Waals surface area contributed by atoms with E-state index in [9.17, 15) is 13.2 Å². The van der Waals surface area contributed by atoms with Crippen LogP contribution in [0.25, 0.3) is 0 Å². The van der Waals surface area contributed by atoms with Crippen LogP contribution in [0.1, 0.15) is 48.0 Å². The Labute approximate surface area is 152 Å². The van der Waals surface area contributed by atoms with E-state index in [1.165, 1.54) is 12.1 Å². The van der Waals surface area contributed by atoms with Gasteiger partial charge in [0.1, 0.15) is 0 Å². The minimum Gasteiger partial charge on any atom is -0.344 e. The summed E-state index contributed by atoms with van der Waals surface area (Å²) in [5.41, 5.74) is 0.348. The number of thiophene rings is 1. The highest BCUT2D eigenvalue weighted by Crippen LogP contribution is 2.26. The van der Waals surface area contributed by atoms with E-state index < -0.39 is 10.0 Å². The first-order valence-electron chi connectivity index (χ1n) is 8.33. The summed E-state index contributed by atoms with van der Waals surface area (Å²) in [7, 11) is -3.57. The molecule has 1 saturated carbocycles. The summed E-state index contributed by atoms with van der Waals surface area (Å²) in [6.07, 6.45) is 1.74. The highest BCUT2D eigenvalue weighted by molar-refractivity contribution is 7.89. The SMILES string of the molecule is CC(C)C(NC(=O)c1cccc(S(=O)(=O)NC2CC2)c1)c1cccs1. The Morgan fingerprint density at radius 3 is 2.56 bits per heavy atom. The molecule has 1 atom stereocenters. The van der Waals surface area contributed by atoms with Gasteiger partial charge in [0.2, 0.25) is 10.0 Å². The van der Waals surface area contributed by atoms with Crippen LogP contribution in [0.3, 0.4) is 0 Å². The Morgan fingerprint density at radius 2 is 1.96 bits per heavy atom. The normalized spacial score (nSPS) is 16.0. The number of carbonyl (C=O) groups is 1. The zero-order valence-electron chi connectivity index (χ0n) is 14.2. The molecule has 2 aromatic rings. The molecule has 1 aliphatic rings. The molecule has 0 radical (unpaired) electrons. The maximum atomic E-state index is 12.6. The molecule has 1 amide bonds. The van der Waals surface area contributed by atoms with Crippen molar-refractivity contribution in [2.75, 3.05) is 0 Å². The molecular formula is C18H22N2O3S2. The van der Waals surface area contributed by atoms with Gasteiger partial charge in [-0.05, 0) is 48.4 Å². The highest BCUT2D eigenvalue weighted by atomic mass is 32.2.